The maximum Gasteiger partial charge on any atom is 0.387 e. The Morgan fingerprint density at radius 2 is 1.87 bits per heavy atom. The molecular weight excluding hydrogens is 517 g/mol. The van der Waals surface area contributed by atoms with E-state index in [9.17, 15) is 8.78 Å². The van der Waals surface area contributed by atoms with Gasteiger partial charge in [-0.05, 0) is 36.8 Å². The van der Waals surface area contributed by atoms with Gasteiger partial charge in [0, 0.05) is 25.8 Å². The Kier molecular flexibility index (Phi) is 9.63. The van der Waals surface area contributed by atoms with E-state index in [1.807, 2.05) is 53.8 Å². The molecule has 166 valence electrons. The summed E-state index contributed by atoms with van der Waals surface area (Å²) in [5.74, 6) is 1.56. The lowest BCUT2D eigenvalue weighted by Gasteiger charge is -2.22. The predicted octanol–water partition coefficient (Wildman–Crippen LogP) is 4.08. The fourth-order valence-corrected chi connectivity index (χ4v) is 2.91. The van der Waals surface area contributed by atoms with Gasteiger partial charge in [0.15, 0.2) is 11.8 Å². The highest BCUT2D eigenvalue weighted by molar-refractivity contribution is 14.0. The number of aromatic nitrogens is 3. The SMILES string of the molecule is CCNC(=NCc1nncn1-c1ccccc1)N(C)Cc1ccc(OC(F)F)cc1.I. The van der Waals surface area contributed by atoms with Gasteiger partial charge in [0.2, 0.25) is 0 Å². The zero-order valence-electron chi connectivity index (χ0n) is 17.3. The molecule has 0 bridgehead atoms. The zero-order valence-corrected chi connectivity index (χ0v) is 19.6. The monoisotopic (exact) mass is 542 g/mol. The number of hydrogen-bond acceptors (Lipinski definition) is 4. The minimum atomic E-state index is -2.83. The first-order chi connectivity index (χ1) is 14.6. The molecule has 0 radical (unpaired) electrons. The number of guanidine groups is 1. The summed E-state index contributed by atoms with van der Waals surface area (Å²) in [6, 6.07) is 16.4. The number of nitrogens with one attached hydrogen (secondary N) is 1. The molecular formula is C21H25F2IN6O. The van der Waals surface area contributed by atoms with Crippen LogP contribution in [-0.4, -0.2) is 45.8 Å². The van der Waals surface area contributed by atoms with Crippen LogP contribution in [0.5, 0.6) is 5.75 Å². The van der Waals surface area contributed by atoms with E-state index in [2.05, 4.69) is 25.2 Å². The molecule has 1 heterocycles. The smallest absolute Gasteiger partial charge is 0.387 e. The van der Waals surface area contributed by atoms with Gasteiger partial charge in [-0.2, -0.15) is 8.78 Å². The van der Waals surface area contributed by atoms with E-state index in [4.69, 9.17) is 0 Å². The van der Waals surface area contributed by atoms with E-state index in [1.54, 1.807) is 18.5 Å². The molecule has 7 nitrogen and oxygen atoms in total. The van der Waals surface area contributed by atoms with Crippen LogP contribution in [0.1, 0.15) is 18.3 Å². The molecule has 1 aromatic heterocycles. The minimum absolute atomic E-state index is 0. The normalized spacial score (nSPS) is 11.2. The number of alkyl halides is 2. The first-order valence-corrected chi connectivity index (χ1v) is 9.54. The van der Waals surface area contributed by atoms with Crippen molar-refractivity contribution in [3.8, 4) is 11.4 Å². The lowest BCUT2D eigenvalue weighted by molar-refractivity contribution is -0.0498. The minimum Gasteiger partial charge on any atom is -0.435 e. The standard InChI is InChI=1S/C21H24F2N6O.HI/c1-3-24-21(28(2)14-16-9-11-18(12-10-16)30-20(22)23)25-13-19-27-26-15-29(19)17-7-5-4-6-8-17;/h4-12,15,20H,3,13-14H2,1-2H3,(H,24,25);1H. The van der Waals surface area contributed by atoms with Gasteiger partial charge in [-0.1, -0.05) is 30.3 Å². The quantitative estimate of drug-likeness (QED) is 0.264. The number of nitrogens with zero attached hydrogens (tertiary/aromatic N) is 5. The van der Waals surface area contributed by atoms with Gasteiger partial charge in [-0.25, -0.2) is 4.99 Å². The Hall–Kier alpha value is -2.76. The lowest BCUT2D eigenvalue weighted by Crippen LogP contribution is -2.38. The molecule has 10 heteroatoms. The van der Waals surface area contributed by atoms with Gasteiger partial charge in [0.1, 0.15) is 18.6 Å². The lowest BCUT2D eigenvalue weighted by atomic mass is 10.2. The van der Waals surface area contributed by atoms with Crippen molar-refractivity contribution in [2.45, 2.75) is 26.6 Å². The number of halogens is 3. The van der Waals surface area contributed by atoms with Gasteiger partial charge in [0.25, 0.3) is 0 Å². The van der Waals surface area contributed by atoms with Crippen LogP contribution in [-0.2, 0) is 13.1 Å². The second-order valence-corrected chi connectivity index (χ2v) is 6.50. The average molecular weight is 542 g/mol. The summed E-state index contributed by atoms with van der Waals surface area (Å²) in [4.78, 5) is 6.63. The van der Waals surface area contributed by atoms with Crippen molar-refractivity contribution in [3.05, 3.63) is 72.3 Å². The molecule has 0 atom stereocenters. The van der Waals surface area contributed by atoms with Crippen LogP contribution in [0.25, 0.3) is 5.69 Å². The topological polar surface area (TPSA) is 67.6 Å². The van der Waals surface area contributed by atoms with Crippen LogP contribution in [0.4, 0.5) is 8.78 Å². The van der Waals surface area contributed by atoms with Crippen LogP contribution in [0, 0.1) is 0 Å². The van der Waals surface area contributed by atoms with Crippen LogP contribution in [0.15, 0.2) is 65.9 Å². The van der Waals surface area contributed by atoms with Crippen LogP contribution in [0.2, 0.25) is 0 Å². The van der Waals surface area contributed by atoms with Crippen molar-refractivity contribution in [1.82, 2.24) is 25.0 Å². The number of benzene rings is 2. The van der Waals surface area contributed by atoms with E-state index in [0.717, 1.165) is 17.1 Å². The second-order valence-electron chi connectivity index (χ2n) is 6.50. The first kappa shape index (κ1) is 24.5. The first-order valence-electron chi connectivity index (χ1n) is 9.54. The van der Waals surface area contributed by atoms with E-state index in [-0.39, 0.29) is 29.7 Å². The molecule has 0 fully saturated rings. The molecule has 0 aliphatic carbocycles. The third kappa shape index (κ3) is 7.16. The van der Waals surface area contributed by atoms with Crippen LogP contribution < -0.4 is 10.1 Å². The van der Waals surface area contributed by atoms with Crippen molar-refractivity contribution in [1.29, 1.82) is 0 Å². The van der Waals surface area contributed by atoms with Crippen molar-refractivity contribution >= 4 is 29.9 Å². The Morgan fingerprint density at radius 1 is 1.16 bits per heavy atom. The zero-order chi connectivity index (χ0) is 21.3. The maximum absolute atomic E-state index is 12.3. The summed E-state index contributed by atoms with van der Waals surface area (Å²) in [6.45, 7) is 0.764. The van der Waals surface area contributed by atoms with E-state index in [1.165, 1.54) is 12.1 Å². The molecule has 0 aliphatic heterocycles. The summed E-state index contributed by atoms with van der Waals surface area (Å²) in [5, 5.41) is 11.5. The molecule has 2 aromatic carbocycles. The maximum atomic E-state index is 12.3. The number of aliphatic imine (C=N–C) groups is 1. The third-order valence-corrected chi connectivity index (χ3v) is 4.29. The number of hydrogen-bond donors (Lipinski definition) is 1. The fourth-order valence-electron chi connectivity index (χ4n) is 2.91. The Morgan fingerprint density at radius 3 is 2.52 bits per heavy atom. The molecule has 0 saturated carbocycles. The van der Waals surface area contributed by atoms with Crippen molar-refractivity contribution in [2.75, 3.05) is 13.6 Å². The third-order valence-electron chi connectivity index (χ3n) is 4.29. The van der Waals surface area contributed by atoms with Gasteiger partial charge in [-0.3, -0.25) is 4.57 Å². The molecule has 0 spiro atoms. The van der Waals surface area contributed by atoms with Crippen molar-refractivity contribution < 1.29 is 13.5 Å². The summed E-state index contributed by atoms with van der Waals surface area (Å²) < 4.78 is 30.9. The molecule has 0 amide bonds. The van der Waals surface area contributed by atoms with Gasteiger partial charge in [0.05, 0.1) is 0 Å². The molecule has 0 saturated heterocycles. The van der Waals surface area contributed by atoms with E-state index in [0.29, 0.717) is 25.6 Å². The van der Waals surface area contributed by atoms with Gasteiger partial charge < -0.3 is 15.0 Å². The van der Waals surface area contributed by atoms with Crippen LogP contribution >= 0.6 is 24.0 Å². The molecule has 3 rings (SSSR count). The van der Waals surface area contributed by atoms with E-state index < -0.39 is 6.61 Å². The summed E-state index contributed by atoms with van der Waals surface area (Å²) in [5.41, 5.74) is 1.91. The largest absolute Gasteiger partial charge is 0.435 e. The molecule has 3 aromatic rings. The second kappa shape index (κ2) is 12.2. The van der Waals surface area contributed by atoms with Crippen molar-refractivity contribution in [3.63, 3.8) is 0 Å². The number of ether oxygens (including phenoxy) is 1. The molecule has 1 N–H and O–H groups in total. The highest BCUT2D eigenvalue weighted by Crippen LogP contribution is 2.16. The Bertz CT molecular complexity index is 950. The van der Waals surface area contributed by atoms with Gasteiger partial charge >= 0.3 is 6.61 Å². The molecule has 0 aliphatic rings. The Balaban J connectivity index is 0.00000341. The highest BCUT2D eigenvalue weighted by atomic mass is 127. The van der Waals surface area contributed by atoms with Crippen LogP contribution in [0.3, 0.4) is 0 Å². The average Bonchev–Trinajstić information content (AvgIpc) is 3.21. The predicted molar refractivity (Wildman–Crippen MR) is 126 cm³/mol. The highest BCUT2D eigenvalue weighted by Gasteiger charge is 2.10. The summed E-state index contributed by atoms with van der Waals surface area (Å²) in [7, 11) is 1.91. The summed E-state index contributed by atoms with van der Waals surface area (Å²) in [6.07, 6.45) is 1.67. The van der Waals surface area contributed by atoms with E-state index >= 15 is 0 Å². The molecule has 31 heavy (non-hydrogen) atoms. The molecule has 0 unspecified atom stereocenters. The fraction of sp³-hybridized carbons (Fsp3) is 0.286. The summed E-state index contributed by atoms with van der Waals surface area (Å²) >= 11 is 0. The number of para-hydroxylation sites is 1. The Labute approximate surface area is 197 Å². The number of rotatable bonds is 8. The van der Waals surface area contributed by atoms with Crippen molar-refractivity contribution in [2.24, 2.45) is 4.99 Å². The van der Waals surface area contributed by atoms with Gasteiger partial charge in [-0.15, -0.1) is 34.2 Å².